The second kappa shape index (κ2) is 7.81. The molecule has 7 nitrogen and oxygen atoms in total. The van der Waals surface area contributed by atoms with Crippen molar-refractivity contribution in [3.8, 4) is 5.75 Å². The number of carbonyl (C=O) groups excluding carboxylic acids is 3. The van der Waals surface area contributed by atoms with Crippen LogP contribution < -0.4 is 15.5 Å². The molecule has 3 rings (SSSR count). The van der Waals surface area contributed by atoms with Gasteiger partial charge in [-0.3, -0.25) is 15.0 Å². The summed E-state index contributed by atoms with van der Waals surface area (Å²) in [6.45, 7) is 7.84. The van der Waals surface area contributed by atoms with Gasteiger partial charge in [0, 0.05) is 0 Å². The first-order chi connectivity index (χ1) is 13.2. The maximum Gasteiger partial charge on any atom is 0.344 e. The normalized spacial score (nSPS) is 19.7. The number of benzene rings is 1. The maximum atomic E-state index is 12.7. The monoisotopic (exact) mass is 387 g/mol. The number of hydrogen-bond donors (Lipinski definition) is 2. The molecule has 1 aromatic rings. The van der Waals surface area contributed by atoms with Gasteiger partial charge in [-0.05, 0) is 55.9 Å². The van der Waals surface area contributed by atoms with Crippen molar-refractivity contribution >= 4 is 17.8 Å². The Balaban J connectivity index is 1.63. The van der Waals surface area contributed by atoms with Crippen LogP contribution in [0.3, 0.4) is 0 Å². The number of hydrazine groups is 1. The number of urea groups is 1. The van der Waals surface area contributed by atoms with Gasteiger partial charge in [-0.15, -0.1) is 0 Å². The van der Waals surface area contributed by atoms with Gasteiger partial charge in [0.1, 0.15) is 11.3 Å². The molecule has 2 N–H and O–H groups in total. The smallest absolute Gasteiger partial charge is 0.344 e. The molecule has 2 aliphatic rings. The molecule has 1 spiro atoms. The zero-order chi connectivity index (χ0) is 20.5. The van der Waals surface area contributed by atoms with Crippen molar-refractivity contribution < 1.29 is 19.1 Å². The van der Waals surface area contributed by atoms with Gasteiger partial charge in [0.25, 0.3) is 11.8 Å². The van der Waals surface area contributed by atoms with Crippen molar-refractivity contribution in [3.05, 3.63) is 29.3 Å². The Morgan fingerprint density at radius 1 is 1.18 bits per heavy atom. The highest BCUT2D eigenvalue weighted by Gasteiger charge is 2.52. The van der Waals surface area contributed by atoms with Gasteiger partial charge >= 0.3 is 6.03 Å². The van der Waals surface area contributed by atoms with Crippen LogP contribution in [0.25, 0.3) is 0 Å². The number of ether oxygens (including phenoxy) is 1. The molecule has 152 valence electrons. The van der Waals surface area contributed by atoms with Crippen LogP contribution >= 0.6 is 0 Å². The second-order valence-electron chi connectivity index (χ2n) is 8.12. The molecule has 28 heavy (non-hydrogen) atoms. The lowest BCUT2D eigenvalue weighted by Crippen LogP contribution is -2.53. The van der Waals surface area contributed by atoms with Gasteiger partial charge in [-0.1, -0.05) is 39.2 Å². The van der Waals surface area contributed by atoms with E-state index in [1.807, 2.05) is 25.1 Å². The number of nitrogens with zero attached hydrogens (tertiary/aromatic N) is 1. The minimum atomic E-state index is -0.865. The molecular weight excluding hydrogens is 358 g/mol. The van der Waals surface area contributed by atoms with E-state index in [4.69, 9.17) is 4.74 Å². The summed E-state index contributed by atoms with van der Waals surface area (Å²) in [5, 5.41) is 3.58. The number of hydrogen-bond acceptors (Lipinski definition) is 4. The van der Waals surface area contributed by atoms with Gasteiger partial charge in [0.2, 0.25) is 0 Å². The highest BCUT2D eigenvalue weighted by atomic mass is 16.5. The van der Waals surface area contributed by atoms with Gasteiger partial charge < -0.3 is 10.1 Å². The Kier molecular flexibility index (Phi) is 5.63. The third kappa shape index (κ3) is 3.84. The van der Waals surface area contributed by atoms with E-state index >= 15 is 0 Å². The minimum Gasteiger partial charge on any atom is -0.481 e. The summed E-state index contributed by atoms with van der Waals surface area (Å²) in [5.41, 5.74) is 3.87. The van der Waals surface area contributed by atoms with Crippen LogP contribution in [0.15, 0.2) is 18.2 Å². The molecule has 1 heterocycles. The van der Waals surface area contributed by atoms with Crippen LogP contribution in [0.1, 0.15) is 69.9 Å². The number of aryl methyl sites for hydroxylation is 1. The van der Waals surface area contributed by atoms with Gasteiger partial charge in [-0.25, -0.2) is 4.79 Å². The van der Waals surface area contributed by atoms with Crippen LogP contribution in [-0.4, -0.2) is 34.5 Å². The number of nitrogens with one attached hydrogen (secondary N) is 2. The highest BCUT2D eigenvalue weighted by Crippen LogP contribution is 2.33. The van der Waals surface area contributed by atoms with E-state index in [-0.39, 0.29) is 5.91 Å². The van der Waals surface area contributed by atoms with Crippen LogP contribution in [0.5, 0.6) is 5.75 Å². The third-order valence-corrected chi connectivity index (χ3v) is 5.64. The van der Waals surface area contributed by atoms with Crippen molar-refractivity contribution in [2.24, 2.45) is 0 Å². The molecule has 1 aliphatic heterocycles. The molecule has 2 fully saturated rings. The summed E-state index contributed by atoms with van der Waals surface area (Å²) >= 11 is 0. The highest BCUT2D eigenvalue weighted by molar-refractivity contribution is 6.08. The summed E-state index contributed by atoms with van der Waals surface area (Å²) in [4.78, 5) is 37.5. The van der Waals surface area contributed by atoms with Crippen molar-refractivity contribution in [2.45, 2.75) is 77.4 Å². The van der Waals surface area contributed by atoms with Crippen LogP contribution in [0, 0.1) is 6.92 Å². The van der Waals surface area contributed by atoms with E-state index in [1.165, 1.54) is 5.56 Å². The van der Waals surface area contributed by atoms with Gasteiger partial charge in [0.05, 0.1) is 0 Å². The fraction of sp³-hybridized carbons (Fsp3) is 0.571. The van der Waals surface area contributed by atoms with Crippen molar-refractivity contribution in [3.63, 3.8) is 0 Å². The zero-order valence-electron chi connectivity index (χ0n) is 17.0. The third-order valence-electron chi connectivity index (χ3n) is 5.64. The predicted molar refractivity (Wildman–Crippen MR) is 105 cm³/mol. The summed E-state index contributed by atoms with van der Waals surface area (Å²) in [7, 11) is 0. The van der Waals surface area contributed by atoms with E-state index in [2.05, 4.69) is 24.6 Å². The van der Waals surface area contributed by atoms with Crippen molar-refractivity contribution in [1.82, 2.24) is 15.8 Å². The Hall–Kier alpha value is -2.57. The Morgan fingerprint density at radius 2 is 1.86 bits per heavy atom. The van der Waals surface area contributed by atoms with E-state index in [0.717, 1.165) is 29.8 Å². The predicted octanol–water partition coefficient (Wildman–Crippen LogP) is 3.17. The second-order valence-corrected chi connectivity index (χ2v) is 8.12. The molecule has 1 saturated carbocycles. The summed E-state index contributed by atoms with van der Waals surface area (Å²) in [6.07, 6.45) is 3.19. The van der Waals surface area contributed by atoms with Crippen LogP contribution in [0.4, 0.5) is 4.79 Å². The first-order valence-electron chi connectivity index (χ1n) is 9.98. The largest absolute Gasteiger partial charge is 0.481 e. The Bertz CT molecular complexity index is 784. The first kappa shape index (κ1) is 20.2. The summed E-state index contributed by atoms with van der Waals surface area (Å²) in [6, 6.07) is 5.13. The lowest BCUT2D eigenvalue weighted by atomic mass is 9.82. The molecule has 1 saturated heterocycles. The SMILES string of the molecule is Cc1cc(O[C@H](C)C(=O)NN2C(=O)NC3(CCCCC3)C2=O)ccc1C(C)C. The first-order valence-corrected chi connectivity index (χ1v) is 9.98. The Morgan fingerprint density at radius 3 is 2.46 bits per heavy atom. The maximum absolute atomic E-state index is 12.7. The molecule has 1 aliphatic carbocycles. The van der Waals surface area contributed by atoms with E-state index in [1.54, 1.807) is 6.92 Å². The van der Waals surface area contributed by atoms with Crippen LogP contribution in [0.2, 0.25) is 0 Å². The Labute approximate surface area is 165 Å². The van der Waals surface area contributed by atoms with Gasteiger partial charge in [0.15, 0.2) is 6.10 Å². The van der Waals surface area contributed by atoms with E-state index in [0.29, 0.717) is 24.5 Å². The molecule has 0 aromatic heterocycles. The van der Waals surface area contributed by atoms with Crippen LogP contribution in [-0.2, 0) is 9.59 Å². The van der Waals surface area contributed by atoms with E-state index in [9.17, 15) is 14.4 Å². The number of amides is 4. The van der Waals surface area contributed by atoms with Crippen molar-refractivity contribution in [1.29, 1.82) is 0 Å². The summed E-state index contributed by atoms with van der Waals surface area (Å²) < 4.78 is 5.73. The molecule has 7 heteroatoms. The average molecular weight is 387 g/mol. The lowest BCUT2D eigenvalue weighted by Gasteiger charge is -2.30. The number of carbonyl (C=O) groups is 3. The number of rotatable bonds is 5. The molecule has 0 radical (unpaired) electrons. The minimum absolute atomic E-state index is 0.380. The molecule has 0 bridgehead atoms. The molecule has 4 amide bonds. The summed E-state index contributed by atoms with van der Waals surface area (Å²) in [5.74, 6) is 0.0592. The van der Waals surface area contributed by atoms with Gasteiger partial charge in [-0.2, -0.15) is 5.01 Å². The topological polar surface area (TPSA) is 87.7 Å². The molecule has 1 atom stereocenters. The number of imide groups is 1. The fourth-order valence-electron chi connectivity index (χ4n) is 4.04. The lowest BCUT2D eigenvalue weighted by molar-refractivity contribution is -0.142. The molecular formula is C21H29N3O4. The average Bonchev–Trinajstić information content (AvgIpc) is 2.86. The standard InChI is InChI=1S/C21H29N3O4/c1-13(2)17-9-8-16(12-14(17)3)28-15(4)18(25)23-24-19(26)21(22-20(24)27)10-6-5-7-11-21/h8-9,12-13,15H,5-7,10-11H2,1-4H3,(H,22,27)(H,23,25)/t15-/m1/s1. The van der Waals surface area contributed by atoms with Crippen molar-refractivity contribution in [2.75, 3.05) is 0 Å². The van der Waals surface area contributed by atoms with E-state index < -0.39 is 23.6 Å². The molecule has 1 aromatic carbocycles. The molecule has 0 unspecified atom stereocenters. The zero-order valence-corrected chi connectivity index (χ0v) is 17.0. The quantitative estimate of drug-likeness (QED) is 0.760. The fourth-order valence-corrected chi connectivity index (χ4v) is 4.04.